The number of carbonyl (C=O) groups is 1. The molecule has 0 spiro atoms. The van der Waals surface area contributed by atoms with E-state index in [1.165, 1.54) is 0 Å². The molecule has 0 bridgehead atoms. The number of nitrogens with one attached hydrogen (secondary N) is 1. The van der Waals surface area contributed by atoms with Crippen LogP contribution in [-0.2, 0) is 9.47 Å². The number of carbonyl (C=O) groups excluding carboxylic acids is 1. The molecule has 0 atom stereocenters. The van der Waals surface area contributed by atoms with Gasteiger partial charge in [0.15, 0.2) is 0 Å². The van der Waals surface area contributed by atoms with Gasteiger partial charge in [0.05, 0.1) is 0 Å². The monoisotopic (exact) mass is 292 g/mol. The van der Waals surface area contributed by atoms with Crippen LogP contribution in [0.4, 0.5) is 5.69 Å². The fourth-order valence-electron chi connectivity index (χ4n) is 2.32. The summed E-state index contributed by atoms with van der Waals surface area (Å²) < 4.78 is 11.0. The molecule has 0 saturated carbocycles. The van der Waals surface area contributed by atoms with Crippen molar-refractivity contribution >= 4 is 11.6 Å². The van der Waals surface area contributed by atoms with Crippen LogP contribution in [-0.4, -0.2) is 38.9 Å². The van der Waals surface area contributed by atoms with Crippen LogP contribution >= 0.6 is 0 Å². The Morgan fingerprint density at radius 1 is 1.38 bits per heavy atom. The number of ether oxygens (including phenoxy) is 2. The summed E-state index contributed by atoms with van der Waals surface area (Å²) in [5.74, 6) is 0.535. The van der Waals surface area contributed by atoms with Crippen molar-refractivity contribution in [1.82, 2.24) is 5.32 Å². The molecule has 1 aromatic carbocycles. The second kappa shape index (κ2) is 8.64. The molecular weight excluding hydrogens is 268 g/mol. The maximum absolute atomic E-state index is 11.9. The van der Waals surface area contributed by atoms with Crippen LogP contribution in [0.15, 0.2) is 24.3 Å². The zero-order valence-electron chi connectivity index (χ0n) is 12.3. The van der Waals surface area contributed by atoms with Gasteiger partial charge in [-0.1, -0.05) is 6.07 Å². The molecule has 1 amide bonds. The molecule has 3 N–H and O–H groups in total. The molecule has 1 saturated heterocycles. The van der Waals surface area contributed by atoms with Gasteiger partial charge in [0, 0.05) is 44.2 Å². The molecule has 0 aromatic heterocycles. The Labute approximate surface area is 125 Å². The highest BCUT2D eigenvalue weighted by Gasteiger charge is 2.13. The number of hydrogen-bond donors (Lipinski definition) is 2. The summed E-state index contributed by atoms with van der Waals surface area (Å²) in [6.07, 6.45) is 3.00. The van der Waals surface area contributed by atoms with Crippen LogP contribution in [0.25, 0.3) is 0 Å². The number of anilines is 1. The van der Waals surface area contributed by atoms with Crippen LogP contribution in [0, 0.1) is 5.92 Å². The molecule has 2 rings (SSSR count). The SMILES string of the molecule is Nc1cccc(C(=O)NCCCOCC2CCOCC2)c1. The Morgan fingerprint density at radius 3 is 2.95 bits per heavy atom. The lowest BCUT2D eigenvalue weighted by Gasteiger charge is -2.21. The van der Waals surface area contributed by atoms with Crippen molar-refractivity contribution in [2.45, 2.75) is 19.3 Å². The summed E-state index contributed by atoms with van der Waals surface area (Å²) >= 11 is 0. The normalized spacial score (nSPS) is 15.8. The van der Waals surface area contributed by atoms with Gasteiger partial charge in [-0.15, -0.1) is 0 Å². The first-order valence-electron chi connectivity index (χ1n) is 7.55. The van der Waals surface area contributed by atoms with E-state index in [1.807, 2.05) is 0 Å². The molecule has 0 radical (unpaired) electrons. The van der Waals surface area contributed by atoms with Crippen molar-refractivity contribution < 1.29 is 14.3 Å². The topological polar surface area (TPSA) is 73.6 Å². The zero-order chi connectivity index (χ0) is 14.9. The third-order valence-corrected chi connectivity index (χ3v) is 3.59. The van der Waals surface area contributed by atoms with E-state index in [0.717, 1.165) is 39.1 Å². The van der Waals surface area contributed by atoms with Crippen molar-refractivity contribution in [3.05, 3.63) is 29.8 Å². The average molecular weight is 292 g/mol. The van der Waals surface area contributed by atoms with E-state index in [1.54, 1.807) is 24.3 Å². The first-order valence-corrected chi connectivity index (χ1v) is 7.55. The quantitative estimate of drug-likeness (QED) is 0.594. The number of benzene rings is 1. The van der Waals surface area contributed by atoms with E-state index in [4.69, 9.17) is 15.2 Å². The van der Waals surface area contributed by atoms with Gasteiger partial charge in [0.25, 0.3) is 5.91 Å². The Hall–Kier alpha value is -1.59. The van der Waals surface area contributed by atoms with Crippen LogP contribution in [0.1, 0.15) is 29.6 Å². The molecule has 5 nitrogen and oxygen atoms in total. The van der Waals surface area contributed by atoms with Crippen molar-refractivity contribution in [3.8, 4) is 0 Å². The van der Waals surface area contributed by atoms with Crippen LogP contribution in [0.2, 0.25) is 0 Å². The summed E-state index contributed by atoms with van der Waals surface area (Å²) in [6.45, 7) is 3.79. The smallest absolute Gasteiger partial charge is 0.251 e. The van der Waals surface area contributed by atoms with E-state index >= 15 is 0 Å². The van der Waals surface area contributed by atoms with Gasteiger partial charge in [-0.3, -0.25) is 4.79 Å². The van der Waals surface area contributed by atoms with Crippen molar-refractivity contribution in [2.75, 3.05) is 38.7 Å². The number of nitrogen functional groups attached to an aromatic ring is 1. The summed E-state index contributed by atoms with van der Waals surface area (Å²) in [7, 11) is 0. The number of nitrogens with two attached hydrogens (primary N) is 1. The third kappa shape index (κ3) is 5.73. The molecular formula is C16H24N2O3. The van der Waals surface area contributed by atoms with Crippen molar-refractivity contribution in [1.29, 1.82) is 0 Å². The first kappa shape index (κ1) is 15.8. The summed E-state index contributed by atoms with van der Waals surface area (Å²) in [6, 6.07) is 6.98. The summed E-state index contributed by atoms with van der Waals surface area (Å²) in [4.78, 5) is 11.9. The fourth-order valence-corrected chi connectivity index (χ4v) is 2.32. The Bertz CT molecular complexity index is 445. The molecule has 1 aromatic rings. The summed E-state index contributed by atoms with van der Waals surface area (Å²) in [5.41, 5.74) is 6.85. The standard InChI is InChI=1S/C16H24N2O3/c17-15-4-1-3-14(11-15)16(19)18-7-2-8-21-12-13-5-9-20-10-6-13/h1,3-4,11,13H,2,5-10,12,17H2,(H,18,19). The number of hydrogen-bond acceptors (Lipinski definition) is 4. The molecule has 1 fully saturated rings. The fraction of sp³-hybridized carbons (Fsp3) is 0.562. The van der Waals surface area contributed by atoms with Gasteiger partial charge in [-0.25, -0.2) is 0 Å². The minimum absolute atomic E-state index is 0.0910. The molecule has 0 aliphatic carbocycles. The maximum atomic E-state index is 11.9. The van der Waals surface area contributed by atoms with Crippen molar-refractivity contribution in [2.24, 2.45) is 5.92 Å². The highest BCUT2D eigenvalue weighted by Crippen LogP contribution is 2.14. The molecule has 116 valence electrons. The Morgan fingerprint density at radius 2 is 2.19 bits per heavy atom. The third-order valence-electron chi connectivity index (χ3n) is 3.59. The maximum Gasteiger partial charge on any atom is 0.251 e. The largest absolute Gasteiger partial charge is 0.399 e. The molecule has 1 aliphatic heterocycles. The van der Waals surface area contributed by atoms with Gasteiger partial charge in [-0.05, 0) is 43.4 Å². The van der Waals surface area contributed by atoms with Gasteiger partial charge in [-0.2, -0.15) is 0 Å². The van der Waals surface area contributed by atoms with Gasteiger partial charge in [0.2, 0.25) is 0 Å². The highest BCUT2D eigenvalue weighted by molar-refractivity contribution is 5.94. The van der Waals surface area contributed by atoms with E-state index < -0.39 is 0 Å². The van der Waals surface area contributed by atoms with Crippen LogP contribution < -0.4 is 11.1 Å². The highest BCUT2D eigenvalue weighted by atomic mass is 16.5. The Kier molecular flexibility index (Phi) is 6.50. The lowest BCUT2D eigenvalue weighted by molar-refractivity contribution is 0.0202. The van der Waals surface area contributed by atoms with Crippen molar-refractivity contribution in [3.63, 3.8) is 0 Å². The molecule has 1 aliphatic rings. The van der Waals surface area contributed by atoms with E-state index in [9.17, 15) is 4.79 Å². The van der Waals surface area contributed by atoms with Crippen LogP contribution in [0.5, 0.6) is 0 Å². The lowest BCUT2D eigenvalue weighted by atomic mass is 10.0. The molecule has 1 heterocycles. The average Bonchev–Trinajstić information content (AvgIpc) is 2.51. The van der Waals surface area contributed by atoms with Crippen LogP contribution in [0.3, 0.4) is 0 Å². The molecule has 5 heteroatoms. The second-order valence-corrected chi connectivity index (χ2v) is 5.37. The van der Waals surface area contributed by atoms with Gasteiger partial charge in [0.1, 0.15) is 0 Å². The van der Waals surface area contributed by atoms with E-state index in [-0.39, 0.29) is 5.91 Å². The Balaban J connectivity index is 1.54. The van der Waals surface area contributed by atoms with E-state index in [2.05, 4.69) is 5.32 Å². The number of amides is 1. The van der Waals surface area contributed by atoms with E-state index in [0.29, 0.717) is 30.3 Å². The predicted octanol–water partition coefficient (Wildman–Crippen LogP) is 1.83. The molecule has 21 heavy (non-hydrogen) atoms. The zero-order valence-corrected chi connectivity index (χ0v) is 12.3. The molecule has 0 unspecified atom stereocenters. The predicted molar refractivity (Wildman–Crippen MR) is 82.2 cm³/mol. The first-order chi connectivity index (χ1) is 10.3. The summed E-state index contributed by atoms with van der Waals surface area (Å²) in [5, 5.41) is 2.87. The second-order valence-electron chi connectivity index (χ2n) is 5.37. The van der Waals surface area contributed by atoms with Gasteiger partial charge < -0.3 is 20.5 Å². The number of rotatable bonds is 7. The lowest BCUT2D eigenvalue weighted by Crippen LogP contribution is -2.26. The minimum Gasteiger partial charge on any atom is -0.399 e. The van der Waals surface area contributed by atoms with Gasteiger partial charge >= 0.3 is 0 Å². The minimum atomic E-state index is -0.0910.